The highest BCUT2D eigenvalue weighted by Gasteiger charge is 2.33. The smallest absolute Gasteiger partial charge is 0.255 e. The minimum atomic E-state index is -0.0753. The summed E-state index contributed by atoms with van der Waals surface area (Å²) in [6, 6.07) is 0. The highest BCUT2D eigenvalue weighted by molar-refractivity contribution is 4.93. The van der Waals surface area contributed by atoms with Crippen LogP contribution in [0.2, 0.25) is 0 Å². The molecule has 0 aromatic carbocycles. The zero-order valence-corrected chi connectivity index (χ0v) is 13.2. The third-order valence-corrected chi connectivity index (χ3v) is 4.59. The number of aliphatic hydroxyl groups excluding tert-OH is 1. The van der Waals surface area contributed by atoms with Crippen molar-refractivity contribution in [1.29, 1.82) is 0 Å². The average Bonchev–Trinajstić information content (AvgIpc) is 3.19. The van der Waals surface area contributed by atoms with Gasteiger partial charge in [-0.15, -0.1) is 0 Å². The monoisotopic (exact) mass is 311 g/mol. The fourth-order valence-electron chi connectivity index (χ4n) is 3.28. The highest BCUT2D eigenvalue weighted by Crippen LogP contribution is 2.31. The topological polar surface area (TPSA) is 80.9 Å². The number of aromatic nitrogens is 2. The third kappa shape index (κ3) is 3.65. The van der Waals surface area contributed by atoms with Gasteiger partial charge in [-0.05, 0) is 32.7 Å². The molecule has 2 saturated heterocycles. The molecule has 7 heteroatoms. The first-order valence-corrected chi connectivity index (χ1v) is 8.02. The highest BCUT2D eigenvalue weighted by atomic mass is 16.5. The summed E-state index contributed by atoms with van der Waals surface area (Å²) < 4.78 is 16.3. The van der Waals surface area contributed by atoms with E-state index < -0.39 is 0 Å². The summed E-state index contributed by atoms with van der Waals surface area (Å²) in [7, 11) is 2.02. The molecule has 2 aliphatic rings. The Morgan fingerprint density at radius 3 is 2.82 bits per heavy atom. The van der Waals surface area contributed by atoms with Gasteiger partial charge in [-0.1, -0.05) is 5.16 Å². The van der Waals surface area contributed by atoms with Crippen molar-refractivity contribution in [3.8, 4) is 0 Å². The van der Waals surface area contributed by atoms with E-state index in [1.165, 1.54) is 0 Å². The maximum atomic E-state index is 9.76. The third-order valence-electron chi connectivity index (χ3n) is 4.59. The van der Waals surface area contributed by atoms with Gasteiger partial charge in [0, 0.05) is 31.8 Å². The van der Waals surface area contributed by atoms with Crippen molar-refractivity contribution in [2.45, 2.75) is 38.3 Å². The zero-order chi connectivity index (χ0) is 15.4. The van der Waals surface area contributed by atoms with Gasteiger partial charge in [-0.2, -0.15) is 4.98 Å². The Morgan fingerprint density at radius 2 is 2.14 bits per heavy atom. The van der Waals surface area contributed by atoms with Gasteiger partial charge in [-0.3, -0.25) is 4.90 Å². The van der Waals surface area contributed by atoms with Gasteiger partial charge in [0.05, 0.1) is 13.2 Å². The molecule has 0 amide bonds. The first-order chi connectivity index (χ1) is 10.7. The van der Waals surface area contributed by atoms with E-state index in [9.17, 15) is 5.11 Å². The Hall–Kier alpha value is -1.02. The van der Waals surface area contributed by atoms with Crippen molar-refractivity contribution in [1.82, 2.24) is 15.0 Å². The Kier molecular flexibility index (Phi) is 5.07. The predicted octanol–water partition coefficient (Wildman–Crippen LogP) is 1.14. The van der Waals surface area contributed by atoms with Crippen LogP contribution in [0.1, 0.15) is 43.5 Å². The molecule has 3 rings (SSSR count). The summed E-state index contributed by atoms with van der Waals surface area (Å²) in [4.78, 5) is 6.59. The van der Waals surface area contributed by atoms with Crippen LogP contribution in [0, 0.1) is 5.41 Å². The number of hydrogen-bond acceptors (Lipinski definition) is 7. The van der Waals surface area contributed by atoms with Crippen LogP contribution in [-0.4, -0.2) is 60.2 Å². The number of rotatable bonds is 6. The maximum absolute atomic E-state index is 9.76. The fourth-order valence-corrected chi connectivity index (χ4v) is 3.28. The molecule has 3 heterocycles. The average molecular weight is 311 g/mol. The Balaban J connectivity index is 1.55. The van der Waals surface area contributed by atoms with Gasteiger partial charge in [0.1, 0.15) is 6.10 Å². The van der Waals surface area contributed by atoms with Crippen LogP contribution in [0.25, 0.3) is 0 Å². The van der Waals surface area contributed by atoms with Crippen molar-refractivity contribution >= 4 is 0 Å². The van der Waals surface area contributed by atoms with Gasteiger partial charge >= 0.3 is 0 Å². The molecule has 0 bridgehead atoms. The largest absolute Gasteiger partial charge is 0.396 e. The van der Waals surface area contributed by atoms with E-state index >= 15 is 0 Å². The number of ether oxygens (including phenoxy) is 2. The lowest BCUT2D eigenvalue weighted by atomic mass is 9.80. The molecule has 2 fully saturated rings. The van der Waals surface area contributed by atoms with Gasteiger partial charge in [0.15, 0.2) is 5.82 Å². The van der Waals surface area contributed by atoms with Crippen LogP contribution in [0.15, 0.2) is 4.52 Å². The minimum absolute atomic E-state index is 0.0363. The second-order valence-corrected chi connectivity index (χ2v) is 6.49. The zero-order valence-electron chi connectivity index (χ0n) is 13.2. The van der Waals surface area contributed by atoms with Crippen LogP contribution < -0.4 is 0 Å². The van der Waals surface area contributed by atoms with E-state index in [0.717, 1.165) is 52.0 Å². The van der Waals surface area contributed by atoms with Crippen LogP contribution in [0.3, 0.4) is 0 Å². The first kappa shape index (κ1) is 15.9. The summed E-state index contributed by atoms with van der Waals surface area (Å²) in [6.07, 6.45) is 3.74. The van der Waals surface area contributed by atoms with Gasteiger partial charge in [0.2, 0.25) is 0 Å². The number of nitrogens with zero attached hydrogens (tertiary/aromatic N) is 3. The molecule has 2 aliphatic heterocycles. The van der Waals surface area contributed by atoms with Crippen molar-refractivity contribution in [3.63, 3.8) is 0 Å². The van der Waals surface area contributed by atoms with E-state index in [2.05, 4.69) is 15.0 Å². The van der Waals surface area contributed by atoms with Crippen LogP contribution in [0.4, 0.5) is 0 Å². The molecule has 1 atom stereocenters. The lowest BCUT2D eigenvalue weighted by molar-refractivity contribution is -0.0321. The molecule has 1 aromatic rings. The predicted molar refractivity (Wildman–Crippen MR) is 78.1 cm³/mol. The molecule has 7 nitrogen and oxygen atoms in total. The van der Waals surface area contributed by atoms with E-state index in [-0.39, 0.29) is 18.1 Å². The van der Waals surface area contributed by atoms with E-state index in [0.29, 0.717) is 18.3 Å². The Morgan fingerprint density at radius 1 is 1.32 bits per heavy atom. The molecule has 0 aliphatic carbocycles. The van der Waals surface area contributed by atoms with E-state index in [1.807, 2.05) is 7.05 Å². The number of aliphatic hydroxyl groups is 1. The molecule has 1 unspecified atom stereocenters. The molecule has 124 valence electrons. The van der Waals surface area contributed by atoms with Crippen LogP contribution in [-0.2, 0) is 16.0 Å². The SMILES string of the molecule is CN(Cc1noc(C2CCCO2)n1)CC1(CO)CCOCC1. The first-order valence-electron chi connectivity index (χ1n) is 8.02. The maximum Gasteiger partial charge on any atom is 0.255 e. The summed E-state index contributed by atoms with van der Waals surface area (Å²) in [6.45, 7) is 3.81. The molecule has 1 N–H and O–H groups in total. The van der Waals surface area contributed by atoms with Crippen molar-refractivity contribution in [2.24, 2.45) is 5.41 Å². The Labute approximate surface area is 130 Å². The van der Waals surface area contributed by atoms with Crippen molar-refractivity contribution < 1.29 is 19.1 Å². The summed E-state index contributed by atoms with van der Waals surface area (Å²) in [5, 5.41) is 13.8. The van der Waals surface area contributed by atoms with Gasteiger partial charge < -0.3 is 19.1 Å². The lowest BCUT2D eigenvalue weighted by Crippen LogP contribution is -2.42. The lowest BCUT2D eigenvalue weighted by Gasteiger charge is -2.38. The quantitative estimate of drug-likeness (QED) is 0.843. The molecular formula is C15H25N3O4. The standard InChI is InChI=1S/C15H25N3O4/c1-18(10-15(11-19)4-7-20-8-5-15)9-13-16-14(22-17-13)12-3-2-6-21-12/h12,19H,2-11H2,1H3. The van der Waals surface area contributed by atoms with Gasteiger partial charge in [0.25, 0.3) is 5.89 Å². The summed E-state index contributed by atoms with van der Waals surface area (Å²) >= 11 is 0. The molecular weight excluding hydrogens is 286 g/mol. The van der Waals surface area contributed by atoms with E-state index in [1.54, 1.807) is 0 Å². The normalized spacial score (nSPS) is 25.0. The number of hydrogen-bond donors (Lipinski definition) is 1. The fraction of sp³-hybridized carbons (Fsp3) is 0.867. The minimum Gasteiger partial charge on any atom is -0.396 e. The van der Waals surface area contributed by atoms with Gasteiger partial charge in [-0.25, -0.2) is 0 Å². The molecule has 0 spiro atoms. The molecule has 1 aromatic heterocycles. The van der Waals surface area contributed by atoms with Crippen LogP contribution >= 0.6 is 0 Å². The Bertz CT molecular complexity index is 467. The van der Waals surface area contributed by atoms with Crippen molar-refractivity contribution in [2.75, 3.05) is 40.0 Å². The van der Waals surface area contributed by atoms with E-state index in [4.69, 9.17) is 14.0 Å². The molecule has 0 radical (unpaired) electrons. The van der Waals surface area contributed by atoms with Crippen molar-refractivity contribution in [3.05, 3.63) is 11.7 Å². The van der Waals surface area contributed by atoms with Crippen LogP contribution in [0.5, 0.6) is 0 Å². The summed E-state index contributed by atoms with van der Waals surface area (Å²) in [5.74, 6) is 1.26. The second kappa shape index (κ2) is 7.04. The summed E-state index contributed by atoms with van der Waals surface area (Å²) in [5.41, 5.74) is -0.0753. The molecule has 22 heavy (non-hydrogen) atoms. The molecule has 0 saturated carbocycles. The second-order valence-electron chi connectivity index (χ2n) is 6.49.